The van der Waals surface area contributed by atoms with Crippen LogP contribution < -0.4 is 0 Å². The van der Waals surface area contributed by atoms with Gasteiger partial charge in [-0.3, -0.25) is 4.79 Å². The Morgan fingerprint density at radius 3 is 2.64 bits per heavy atom. The van der Waals surface area contributed by atoms with Crippen LogP contribution in [-0.4, -0.2) is 5.97 Å². The fourth-order valence-electron chi connectivity index (χ4n) is 0.992. The summed E-state index contributed by atoms with van der Waals surface area (Å²) in [7, 11) is 0. The summed E-state index contributed by atoms with van der Waals surface area (Å²) in [5.74, 6) is 0.548. The number of allylic oxidation sites excluding steroid dienone is 4. The van der Waals surface area contributed by atoms with Crippen molar-refractivity contribution in [2.24, 2.45) is 0 Å². The van der Waals surface area contributed by atoms with E-state index in [-0.39, 0.29) is 5.97 Å². The molecule has 11 heavy (non-hydrogen) atoms. The van der Waals surface area contributed by atoms with Gasteiger partial charge in [0.05, 0.1) is 0 Å². The lowest BCUT2D eigenvalue weighted by Gasteiger charge is -2.10. The molecule has 1 aliphatic carbocycles. The van der Waals surface area contributed by atoms with Crippen molar-refractivity contribution < 1.29 is 9.53 Å². The Bertz CT molecular complexity index is 224. The van der Waals surface area contributed by atoms with Crippen LogP contribution in [-0.2, 0) is 9.53 Å². The van der Waals surface area contributed by atoms with Crippen molar-refractivity contribution in [2.45, 2.75) is 26.7 Å². The average molecular weight is 152 g/mol. The van der Waals surface area contributed by atoms with E-state index in [2.05, 4.69) is 6.92 Å². The van der Waals surface area contributed by atoms with E-state index in [0.29, 0.717) is 0 Å². The van der Waals surface area contributed by atoms with Gasteiger partial charge in [-0.05, 0) is 19.4 Å². The molecule has 0 fully saturated rings. The molecular weight excluding hydrogens is 140 g/mol. The third-order valence-corrected chi connectivity index (χ3v) is 1.59. The summed E-state index contributed by atoms with van der Waals surface area (Å²) >= 11 is 0. The van der Waals surface area contributed by atoms with Gasteiger partial charge in [-0.15, -0.1) is 0 Å². The van der Waals surface area contributed by atoms with Crippen LogP contribution in [0.2, 0.25) is 0 Å². The Kier molecular flexibility index (Phi) is 2.47. The monoisotopic (exact) mass is 152 g/mol. The first-order valence-electron chi connectivity index (χ1n) is 3.73. The fraction of sp³-hybridized carbons (Fsp3) is 0.444. The molecule has 0 bridgehead atoms. The van der Waals surface area contributed by atoms with Crippen LogP contribution in [0.4, 0.5) is 0 Å². The molecule has 2 nitrogen and oxygen atoms in total. The molecular formula is C9H12O2. The summed E-state index contributed by atoms with van der Waals surface area (Å²) in [5.41, 5.74) is 1.33. The molecule has 0 aliphatic heterocycles. The van der Waals surface area contributed by atoms with Gasteiger partial charge in [0.15, 0.2) is 0 Å². The Hall–Kier alpha value is -1.05. The largest absolute Gasteiger partial charge is 0.431 e. The van der Waals surface area contributed by atoms with Crippen LogP contribution in [0.15, 0.2) is 23.5 Å². The van der Waals surface area contributed by atoms with Crippen LogP contribution in [0, 0.1) is 0 Å². The topological polar surface area (TPSA) is 26.3 Å². The summed E-state index contributed by atoms with van der Waals surface area (Å²) in [4.78, 5) is 10.5. The lowest BCUT2D eigenvalue weighted by molar-refractivity contribution is -0.137. The number of ether oxygens (including phenoxy) is 1. The minimum absolute atomic E-state index is 0.232. The highest BCUT2D eigenvalue weighted by Gasteiger charge is 2.05. The lowest BCUT2D eigenvalue weighted by Crippen LogP contribution is -2.01. The zero-order chi connectivity index (χ0) is 8.27. The second-order valence-corrected chi connectivity index (χ2v) is 2.74. The maximum absolute atomic E-state index is 10.5. The number of carbonyl (C=O) groups is 1. The van der Waals surface area contributed by atoms with Gasteiger partial charge >= 0.3 is 5.97 Å². The molecule has 0 radical (unpaired) electrons. The summed E-state index contributed by atoms with van der Waals surface area (Å²) in [6.45, 7) is 3.49. The first-order chi connectivity index (χ1) is 5.18. The van der Waals surface area contributed by atoms with E-state index in [1.54, 1.807) is 0 Å². The van der Waals surface area contributed by atoms with Crippen molar-refractivity contribution >= 4 is 5.97 Å². The van der Waals surface area contributed by atoms with Gasteiger partial charge in [-0.2, -0.15) is 0 Å². The summed E-state index contributed by atoms with van der Waals surface area (Å²) in [5, 5.41) is 0. The highest BCUT2D eigenvalue weighted by molar-refractivity contribution is 5.67. The number of carbonyl (C=O) groups excluding carboxylic acids is 1. The van der Waals surface area contributed by atoms with Gasteiger partial charge < -0.3 is 4.74 Å². The predicted molar refractivity (Wildman–Crippen MR) is 42.8 cm³/mol. The molecule has 1 rings (SSSR count). The van der Waals surface area contributed by atoms with Crippen molar-refractivity contribution in [1.29, 1.82) is 0 Å². The molecule has 0 saturated carbocycles. The van der Waals surface area contributed by atoms with Crippen molar-refractivity contribution in [1.82, 2.24) is 0 Å². The second kappa shape index (κ2) is 3.37. The van der Waals surface area contributed by atoms with Crippen molar-refractivity contribution in [3.63, 3.8) is 0 Å². The normalized spacial score (nSPS) is 16.9. The van der Waals surface area contributed by atoms with Crippen LogP contribution in [0.3, 0.4) is 0 Å². The molecule has 0 N–H and O–H groups in total. The molecule has 0 amide bonds. The Labute approximate surface area is 66.5 Å². The summed E-state index contributed by atoms with van der Waals surface area (Å²) in [6.07, 6.45) is 5.70. The Balaban J connectivity index is 2.54. The van der Waals surface area contributed by atoms with Crippen molar-refractivity contribution in [3.05, 3.63) is 23.5 Å². The first-order valence-corrected chi connectivity index (χ1v) is 3.73. The maximum atomic E-state index is 10.5. The molecule has 0 saturated heterocycles. The van der Waals surface area contributed by atoms with Crippen LogP contribution >= 0.6 is 0 Å². The van der Waals surface area contributed by atoms with E-state index in [4.69, 9.17) is 4.74 Å². The van der Waals surface area contributed by atoms with Gasteiger partial charge in [-0.25, -0.2) is 0 Å². The molecule has 0 heterocycles. The maximum Gasteiger partial charge on any atom is 0.307 e. The van der Waals surface area contributed by atoms with Gasteiger partial charge in [-0.1, -0.05) is 11.6 Å². The smallest absolute Gasteiger partial charge is 0.307 e. The quantitative estimate of drug-likeness (QED) is 0.538. The lowest BCUT2D eigenvalue weighted by atomic mass is 10.1. The third-order valence-electron chi connectivity index (χ3n) is 1.59. The van der Waals surface area contributed by atoms with Crippen LogP contribution in [0.25, 0.3) is 0 Å². The van der Waals surface area contributed by atoms with E-state index < -0.39 is 0 Å². The SMILES string of the molecule is CC(=O)OC1=CC=C(C)CC1. The molecule has 0 unspecified atom stereocenters. The molecule has 0 aromatic rings. The minimum atomic E-state index is -0.232. The third kappa shape index (κ3) is 2.58. The standard InChI is InChI=1S/C9H12O2/c1-7-3-5-9(6-4-7)11-8(2)10/h3,5H,4,6H2,1-2H3. The molecule has 60 valence electrons. The average Bonchev–Trinajstić information content (AvgIpc) is 1.93. The van der Waals surface area contributed by atoms with Crippen LogP contribution in [0.1, 0.15) is 26.7 Å². The first kappa shape index (κ1) is 8.05. The molecule has 2 heteroatoms. The molecule has 1 aliphatic rings. The minimum Gasteiger partial charge on any atom is -0.431 e. The molecule has 0 aromatic carbocycles. The molecule has 0 aromatic heterocycles. The zero-order valence-electron chi connectivity index (χ0n) is 6.89. The van der Waals surface area contributed by atoms with Gasteiger partial charge in [0.25, 0.3) is 0 Å². The van der Waals surface area contributed by atoms with E-state index in [1.165, 1.54) is 12.5 Å². The molecule has 0 atom stereocenters. The highest BCUT2D eigenvalue weighted by Crippen LogP contribution is 2.18. The van der Waals surface area contributed by atoms with Crippen LogP contribution in [0.5, 0.6) is 0 Å². The number of rotatable bonds is 1. The molecule has 0 spiro atoms. The van der Waals surface area contributed by atoms with E-state index >= 15 is 0 Å². The van der Waals surface area contributed by atoms with Gasteiger partial charge in [0.1, 0.15) is 5.76 Å². The second-order valence-electron chi connectivity index (χ2n) is 2.74. The van der Waals surface area contributed by atoms with Crippen molar-refractivity contribution in [3.8, 4) is 0 Å². The number of esters is 1. The highest BCUT2D eigenvalue weighted by atomic mass is 16.5. The van der Waals surface area contributed by atoms with Gasteiger partial charge in [0, 0.05) is 13.3 Å². The number of hydrogen-bond acceptors (Lipinski definition) is 2. The fourth-order valence-corrected chi connectivity index (χ4v) is 0.992. The predicted octanol–water partition coefficient (Wildman–Crippen LogP) is 2.17. The van der Waals surface area contributed by atoms with E-state index in [9.17, 15) is 4.79 Å². The van der Waals surface area contributed by atoms with Crippen molar-refractivity contribution in [2.75, 3.05) is 0 Å². The summed E-state index contributed by atoms with van der Waals surface area (Å²) < 4.78 is 4.92. The number of hydrogen-bond donors (Lipinski definition) is 0. The Morgan fingerprint density at radius 1 is 1.45 bits per heavy atom. The summed E-state index contributed by atoms with van der Waals surface area (Å²) in [6, 6.07) is 0. The van der Waals surface area contributed by atoms with E-state index in [1.807, 2.05) is 12.2 Å². The Morgan fingerprint density at radius 2 is 2.18 bits per heavy atom. The van der Waals surface area contributed by atoms with Gasteiger partial charge in [0.2, 0.25) is 0 Å². The van der Waals surface area contributed by atoms with E-state index in [0.717, 1.165) is 18.6 Å². The zero-order valence-corrected chi connectivity index (χ0v) is 6.89.